The van der Waals surface area contributed by atoms with Crippen molar-refractivity contribution in [3.05, 3.63) is 18.2 Å². The number of rotatable bonds is 5. The second kappa shape index (κ2) is 6.71. The third kappa shape index (κ3) is 3.20. The SMILES string of the molecule is CCNC(c1nccn1CC)C1CSCCS1. The average molecular weight is 271 g/mol. The van der Waals surface area contributed by atoms with Crippen LogP contribution in [0.2, 0.25) is 0 Å². The number of aromatic nitrogens is 2. The quantitative estimate of drug-likeness (QED) is 0.890. The van der Waals surface area contributed by atoms with Crippen molar-refractivity contribution in [2.75, 3.05) is 23.8 Å². The molecule has 0 bridgehead atoms. The molecule has 5 heteroatoms. The first kappa shape index (κ1) is 13.3. The number of thioether (sulfide) groups is 2. The van der Waals surface area contributed by atoms with E-state index in [4.69, 9.17) is 0 Å². The fraction of sp³-hybridized carbons (Fsp3) is 0.750. The van der Waals surface area contributed by atoms with Gasteiger partial charge in [0.2, 0.25) is 0 Å². The molecule has 1 aromatic rings. The van der Waals surface area contributed by atoms with Gasteiger partial charge in [-0.05, 0) is 13.5 Å². The van der Waals surface area contributed by atoms with E-state index in [0.29, 0.717) is 11.3 Å². The average Bonchev–Trinajstić information content (AvgIpc) is 2.85. The zero-order valence-electron chi connectivity index (χ0n) is 10.6. The first-order valence-corrected chi connectivity index (χ1v) is 8.51. The Balaban J connectivity index is 2.15. The summed E-state index contributed by atoms with van der Waals surface area (Å²) in [6.45, 7) is 6.36. The van der Waals surface area contributed by atoms with E-state index in [1.807, 2.05) is 6.20 Å². The van der Waals surface area contributed by atoms with E-state index in [1.54, 1.807) is 0 Å². The summed E-state index contributed by atoms with van der Waals surface area (Å²) in [5, 5.41) is 4.27. The van der Waals surface area contributed by atoms with Gasteiger partial charge in [0, 0.05) is 41.4 Å². The van der Waals surface area contributed by atoms with Crippen LogP contribution in [0, 0.1) is 0 Å². The van der Waals surface area contributed by atoms with Crippen LogP contribution in [0.4, 0.5) is 0 Å². The van der Waals surface area contributed by atoms with E-state index < -0.39 is 0 Å². The Bertz CT molecular complexity index is 334. The van der Waals surface area contributed by atoms with Crippen LogP contribution in [0.3, 0.4) is 0 Å². The summed E-state index contributed by atoms with van der Waals surface area (Å²) in [5.74, 6) is 5.00. The molecule has 3 nitrogen and oxygen atoms in total. The molecule has 2 atom stereocenters. The molecule has 1 saturated heterocycles. The third-order valence-corrected chi connectivity index (χ3v) is 5.87. The zero-order chi connectivity index (χ0) is 12.1. The van der Waals surface area contributed by atoms with E-state index in [0.717, 1.165) is 13.1 Å². The molecule has 2 heterocycles. The van der Waals surface area contributed by atoms with Gasteiger partial charge in [-0.15, -0.1) is 0 Å². The Kier molecular flexibility index (Phi) is 5.25. The molecule has 0 spiro atoms. The lowest BCUT2D eigenvalue weighted by atomic mass is 10.2. The molecule has 0 radical (unpaired) electrons. The highest BCUT2D eigenvalue weighted by Gasteiger charge is 2.28. The Morgan fingerprint density at radius 2 is 2.41 bits per heavy atom. The number of imidazole rings is 1. The fourth-order valence-electron chi connectivity index (χ4n) is 2.17. The summed E-state index contributed by atoms with van der Waals surface area (Å²) in [4.78, 5) is 4.56. The second-order valence-corrected chi connectivity index (χ2v) is 6.59. The summed E-state index contributed by atoms with van der Waals surface area (Å²) in [6.07, 6.45) is 4.00. The predicted octanol–water partition coefficient (Wildman–Crippen LogP) is 2.40. The Hall–Kier alpha value is -0.130. The number of nitrogens with one attached hydrogen (secondary N) is 1. The molecule has 0 aliphatic carbocycles. The van der Waals surface area contributed by atoms with Gasteiger partial charge in [-0.25, -0.2) is 4.98 Å². The van der Waals surface area contributed by atoms with Crippen molar-refractivity contribution in [3.8, 4) is 0 Å². The van der Waals surface area contributed by atoms with Crippen LogP contribution in [0.25, 0.3) is 0 Å². The summed E-state index contributed by atoms with van der Waals surface area (Å²) in [6, 6.07) is 0.396. The van der Waals surface area contributed by atoms with Gasteiger partial charge >= 0.3 is 0 Å². The summed E-state index contributed by atoms with van der Waals surface area (Å²) in [5.41, 5.74) is 0. The minimum Gasteiger partial charge on any atom is -0.334 e. The highest BCUT2D eigenvalue weighted by molar-refractivity contribution is 8.06. The van der Waals surface area contributed by atoms with E-state index in [9.17, 15) is 0 Å². The molecule has 1 aromatic heterocycles. The minimum atomic E-state index is 0.396. The van der Waals surface area contributed by atoms with Gasteiger partial charge in [0.15, 0.2) is 0 Å². The van der Waals surface area contributed by atoms with E-state index in [1.165, 1.54) is 23.1 Å². The lowest BCUT2D eigenvalue weighted by molar-refractivity contribution is 0.497. The standard InChI is InChI=1S/C12H21N3S2/c1-3-13-11(10-9-16-7-8-17-10)12-14-5-6-15(12)4-2/h5-6,10-11,13H,3-4,7-9H2,1-2H3. The van der Waals surface area contributed by atoms with Crippen molar-refractivity contribution in [1.29, 1.82) is 0 Å². The highest BCUT2D eigenvalue weighted by atomic mass is 32.2. The van der Waals surface area contributed by atoms with Crippen LogP contribution in [-0.4, -0.2) is 38.6 Å². The summed E-state index contributed by atoms with van der Waals surface area (Å²) >= 11 is 4.16. The van der Waals surface area contributed by atoms with Crippen LogP contribution in [0.1, 0.15) is 25.7 Å². The minimum absolute atomic E-state index is 0.396. The van der Waals surface area contributed by atoms with Gasteiger partial charge in [0.25, 0.3) is 0 Å². The monoisotopic (exact) mass is 271 g/mol. The maximum atomic E-state index is 4.56. The van der Waals surface area contributed by atoms with Gasteiger partial charge in [0.1, 0.15) is 5.82 Å². The van der Waals surface area contributed by atoms with Gasteiger partial charge in [0.05, 0.1) is 6.04 Å². The zero-order valence-corrected chi connectivity index (χ0v) is 12.2. The molecule has 96 valence electrons. The Morgan fingerprint density at radius 1 is 1.53 bits per heavy atom. The number of hydrogen-bond acceptors (Lipinski definition) is 4. The van der Waals surface area contributed by atoms with E-state index in [-0.39, 0.29) is 0 Å². The van der Waals surface area contributed by atoms with Crippen LogP contribution < -0.4 is 5.32 Å². The topological polar surface area (TPSA) is 29.9 Å². The van der Waals surface area contributed by atoms with Crippen LogP contribution in [-0.2, 0) is 6.54 Å². The van der Waals surface area contributed by atoms with Gasteiger partial charge < -0.3 is 9.88 Å². The third-order valence-electron chi connectivity index (χ3n) is 3.00. The molecule has 1 aliphatic heterocycles. The maximum absolute atomic E-state index is 4.56. The molecule has 1 N–H and O–H groups in total. The molecule has 0 amide bonds. The number of nitrogens with zero attached hydrogens (tertiary/aromatic N) is 2. The van der Waals surface area contributed by atoms with Crippen molar-refractivity contribution < 1.29 is 0 Å². The highest BCUT2D eigenvalue weighted by Crippen LogP contribution is 2.33. The molecule has 0 aromatic carbocycles. The molecular formula is C12H21N3S2. The van der Waals surface area contributed by atoms with E-state index in [2.05, 4.69) is 58.4 Å². The molecular weight excluding hydrogens is 250 g/mol. The normalized spacial score (nSPS) is 22.6. The van der Waals surface area contributed by atoms with Crippen molar-refractivity contribution >= 4 is 23.5 Å². The first-order chi connectivity index (χ1) is 8.36. The fourth-order valence-corrected chi connectivity index (χ4v) is 5.01. The van der Waals surface area contributed by atoms with Crippen LogP contribution >= 0.6 is 23.5 Å². The van der Waals surface area contributed by atoms with Crippen molar-refractivity contribution in [1.82, 2.24) is 14.9 Å². The van der Waals surface area contributed by atoms with Crippen LogP contribution in [0.15, 0.2) is 12.4 Å². The number of hydrogen-bond donors (Lipinski definition) is 1. The first-order valence-electron chi connectivity index (χ1n) is 6.30. The van der Waals surface area contributed by atoms with Gasteiger partial charge in [-0.2, -0.15) is 23.5 Å². The maximum Gasteiger partial charge on any atom is 0.127 e. The summed E-state index contributed by atoms with van der Waals surface area (Å²) in [7, 11) is 0. The number of aryl methyl sites for hydroxylation is 1. The molecule has 17 heavy (non-hydrogen) atoms. The Labute approximate surface area is 112 Å². The molecule has 2 rings (SSSR count). The van der Waals surface area contributed by atoms with Crippen molar-refractivity contribution in [2.24, 2.45) is 0 Å². The molecule has 1 aliphatic rings. The molecule has 2 unspecified atom stereocenters. The van der Waals surface area contributed by atoms with Gasteiger partial charge in [-0.1, -0.05) is 6.92 Å². The molecule has 0 saturated carbocycles. The van der Waals surface area contributed by atoms with Crippen LogP contribution in [0.5, 0.6) is 0 Å². The second-order valence-electron chi connectivity index (χ2n) is 4.09. The lowest BCUT2D eigenvalue weighted by Gasteiger charge is -2.30. The van der Waals surface area contributed by atoms with E-state index >= 15 is 0 Å². The molecule has 1 fully saturated rings. The largest absolute Gasteiger partial charge is 0.334 e. The Morgan fingerprint density at radius 3 is 3.06 bits per heavy atom. The van der Waals surface area contributed by atoms with Gasteiger partial charge in [-0.3, -0.25) is 0 Å². The predicted molar refractivity (Wildman–Crippen MR) is 77.9 cm³/mol. The van der Waals surface area contributed by atoms with Crippen molar-refractivity contribution in [3.63, 3.8) is 0 Å². The lowest BCUT2D eigenvalue weighted by Crippen LogP contribution is -2.35. The smallest absolute Gasteiger partial charge is 0.127 e. The summed E-state index contributed by atoms with van der Waals surface area (Å²) < 4.78 is 2.26. The van der Waals surface area contributed by atoms with Crippen molar-refractivity contribution in [2.45, 2.75) is 31.7 Å².